The molecule has 0 aromatic heterocycles. The maximum absolute atomic E-state index is 10.7. The minimum atomic E-state index is -6.09. The molecule has 2 aromatic carbocycles. The molecule has 0 radical (unpaired) electrons. The Morgan fingerprint density at radius 1 is 1.04 bits per heavy atom. The fourth-order valence-electron chi connectivity index (χ4n) is 1.59. The summed E-state index contributed by atoms with van der Waals surface area (Å²) in [5, 5.41) is 1.50. The van der Waals surface area contributed by atoms with Gasteiger partial charge in [-0.2, -0.15) is 13.2 Å². The first-order chi connectivity index (χ1) is 11.1. The van der Waals surface area contributed by atoms with Gasteiger partial charge in [-0.15, -0.1) is 11.8 Å². The summed E-state index contributed by atoms with van der Waals surface area (Å²) in [6, 6.07) is 19.7. The van der Waals surface area contributed by atoms with Crippen molar-refractivity contribution >= 4 is 35.8 Å². The van der Waals surface area contributed by atoms with E-state index in [4.69, 9.17) is 13.0 Å². The van der Waals surface area contributed by atoms with Crippen molar-refractivity contribution in [3.63, 3.8) is 0 Å². The first-order valence-corrected chi connectivity index (χ1v) is 10.7. The van der Waals surface area contributed by atoms with Crippen molar-refractivity contribution in [1.29, 1.82) is 0 Å². The number of thioether (sulfide) groups is 1. The van der Waals surface area contributed by atoms with E-state index in [2.05, 4.69) is 60.9 Å². The number of halogens is 3. The van der Waals surface area contributed by atoms with Crippen LogP contribution in [0.3, 0.4) is 0 Å². The zero-order valence-corrected chi connectivity index (χ0v) is 15.4. The van der Waals surface area contributed by atoms with Gasteiger partial charge in [0.15, 0.2) is 10.1 Å². The summed E-state index contributed by atoms with van der Waals surface area (Å²) in [5.41, 5.74) is -4.19. The molecule has 24 heavy (non-hydrogen) atoms. The van der Waals surface area contributed by atoms with Crippen molar-refractivity contribution in [2.45, 2.75) is 16.6 Å². The molecule has 0 saturated carbocycles. The van der Waals surface area contributed by atoms with Crippen LogP contribution in [-0.4, -0.2) is 24.7 Å². The maximum Gasteiger partial charge on any atom is 0.485 e. The Hall–Kier alpha value is -1.08. The molecule has 0 saturated heterocycles. The molecule has 3 nitrogen and oxygen atoms in total. The summed E-state index contributed by atoms with van der Waals surface area (Å²) in [5.74, 6) is 0. The summed E-state index contributed by atoms with van der Waals surface area (Å²) in [4.78, 5) is 1.35. The molecule has 9 heteroatoms. The molecular weight excluding hydrogens is 380 g/mol. The normalized spacial score (nSPS) is 12.0. The maximum atomic E-state index is 10.7. The second kappa shape index (κ2) is 9.42. The van der Waals surface area contributed by atoms with Crippen molar-refractivity contribution in [3.05, 3.63) is 60.2 Å². The first kappa shape index (κ1) is 21.0. The van der Waals surface area contributed by atoms with Gasteiger partial charge in [0, 0.05) is 13.5 Å². The first-order valence-electron chi connectivity index (χ1n) is 6.67. The van der Waals surface area contributed by atoms with Gasteiger partial charge in [0.2, 0.25) is 0 Å². The molecule has 0 heterocycles. The largest absolute Gasteiger partial charge is 0.741 e. The van der Waals surface area contributed by atoms with E-state index in [1.165, 1.54) is 21.9 Å². The number of alkyl halides is 3. The zero-order valence-electron chi connectivity index (χ0n) is 12.7. The van der Waals surface area contributed by atoms with Gasteiger partial charge in [-0.25, -0.2) is 8.42 Å². The Labute approximate surface area is 145 Å². The van der Waals surface area contributed by atoms with E-state index in [0.29, 0.717) is 8.58 Å². The molecule has 1 unspecified atom stereocenters. The number of hydrogen-bond donors (Lipinski definition) is 0. The van der Waals surface area contributed by atoms with Gasteiger partial charge >= 0.3 is 5.51 Å². The van der Waals surface area contributed by atoms with Crippen LogP contribution in [0.5, 0.6) is 0 Å². The molecule has 0 fully saturated rings. The van der Waals surface area contributed by atoms with E-state index >= 15 is 0 Å². The standard InChI is InChI=1S/C14H15PS.CHF3O3S/c1-16-14-9-7-12(8-10-14)11-15-13-5-3-2-4-6-13;2-1(3,4)8(5,6)7/h2-10,15H,11H2,1H3;(H,5,6,7). The zero-order chi connectivity index (χ0) is 18.2. The van der Waals surface area contributed by atoms with Crippen LogP contribution in [0.25, 0.3) is 0 Å². The predicted octanol–water partition coefficient (Wildman–Crippen LogP) is 3.70. The van der Waals surface area contributed by atoms with Crippen molar-refractivity contribution in [2.24, 2.45) is 0 Å². The quantitative estimate of drug-likeness (QED) is 0.342. The summed E-state index contributed by atoms with van der Waals surface area (Å²) in [6.45, 7) is 0. The highest BCUT2D eigenvalue weighted by Crippen LogP contribution is 2.21. The van der Waals surface area contributed by atoms with E-state index in [0.717, 1.165) is 0 Å². The molecule has 2 aromatic rings. The van der Waals surface area contributed by atoms with Gasteiger partial charge in [-0.3, -0.25) is 0 Å². The molecule has 1 atom stereocenters. The Morgan fingerprint density at radius 2 is 1.54 bits per heavy atom. The SMILES string of the molecule is CSc1ccc(C[PH2+]c2ccccc2)cc1.O=S(=O)([O-])C(F)(F)F. The number of benzene rings is 2. The Bertz CT molecular complexity index is 718. The Morgan fingerprint density at radius 3 is 1.96 bits per heavy atom. The number of rotatable bonds is 4. The lowest BCUT2D eigenvalue weighted by atomic mass is 10.2. The van der Waals surface area contributed by atoms with Crippen LogP contribution < -0.4 is 5.30 Å². The second-order valence-electron chi connectivity index (χ2n) is 4.57. The third kappa shape index (κ3) is 7.66. The molecule has 0 N–H and O–H groups in total. The molecule has 0 aliphatic rings. The summed E-state index contributed by atoms with van der Waals surface area (Å²) >= 11 is 1.80. The number of hydrogen-bond acceptors (Lipinski definition) is 4. The van der Waals surface area contributed by atoms with E-state index in [9.17, 15) is 13.2 Å². The van der Waals surface area contributed by atoms with E-state index in [-0.39, 0.29) is 0 Å². The predicted molar refractivity (Wildman–Crippen MR) is 93.5 cm³/mol. The lowest BCUT2D eigenvalue weighted by molar-refractivity contribution is -0.0517. The summed E-state index contributed by atoms with van der Waals surface area (Å²) in [7, 11) is -5.72. The van der Waals surface area contributed by atoms with E-state index < -0.39 is 15.6 Å². The fraction of sp³-hybridized carbons (Fsp3) is 0.200. The van der Waals surface area contributed by atoms with Gasteiger partial charge in [0.1, 0.15) is 0 Å². The highest BCUT2D eigenvalue weighted by atomic mass is 32.2. The van der Waals surface area contributed by atoms with Gasteiger partial charge in [0.05, 0.1) is 11.5 Å². The Kier molecular flexibility index (Phi) is 8.22. The minimum absolute atomic E-state index is 0.369. The van der Waals surface area contributed by atoms with Crippen LogP contribution in [0, 0.1) is 0 Å². The fourth-order valence-corrected chi connectivity index (χ4v) is 3.23. The average Bonchev–Trinajstić information content (AvgIpc) is 2.53. The molecule has 132 valence electrons. The summed E-state index contributed by atoms with van der Waals surface area (Å²) < 4.78 is 58.9. The summed E-state index contributed by atoms with van der Waals surface area (Å²) in [6.07, 6.45) is 3.32. The minimum Gasteiger partial charge on any atom is -0.741 e. The third-order valence-corrected chi connectivity index (χ3v) is 5.66. The molecular formula is C15H16F3O3PS2. The van der Waals surface area contributed by atoms with Crippen molar-refractivity contribution in [2.75, 3.05) is 6.26 Å². The Balaban J connectivity index is 0.000000307. The molecule has 0 aliphatic carbocycles. The monoisotopic (exact) mass is 396 g/mol. The van der Waals surface area contributed by atoms with Crippen LogP contribution in [-0.2, 0) is 16.3 Å². The van der Waals surface area contributed by atoms with Crippen LogP contribution in [0.4, 0.5) is 13.2 Å². The van der Waals surface area contributed by atoms with Crippen LogP contribution in [0.15, 0.2) is 59.5 Å². The van der Waals surface area contributed by atoms with Crippen LogP contribution in [0.2, 0.25) is 0 Å². The van der Waals surface area contributed by atoms with Gasteiger partial charge in [-0.1, -0.05) is 30.3 Å². The van der Waals surface area contributed by atoms with Gasteiger partial charge in [-0.05, 0) is 36.1 Å². The highest BCUT2D eigenvalue weighted by molar-refractivity contribution is 7.98. The van der Waals surface area contributed by atoms with E-state index in [1.807, 2.05) is 0 Å². The van der Waals surface area contributed by atoms with Crippen LogP contribution >= 0.6 is 20.3 Å². The molecule has 0 bridgehead atoms. The molecule has 0 amide bonds. The smallest absolute Gasteiger partial charge is 0.485 e. The van der Waals surface area contributed by atoms with Crippen molar-refractivity contribution < 1.29 is 26.1 Å². The topological polar surface area (TPSA) is 57.2 Å². The van der Waals surface area contributed by atoms with Crippen molar-refractivity contribution in [1.82, 2.24) is 0 Å². The lowest BCUT2D eigenvalue weighted by Crippen LogP contribution is -2.21. The van der Waals surface area contributed by atoms with E-state index in [1.54, 1.807) is 11.8 Å². The van der Waals surface area contributed by atoms with Crippen LogP contribution in [0.1, 0.15) is 5.56 Å². The van der Waals surface area contributed by atoms with Gasteiger partial charge in [0.25, 0.3) is 0 Å². The molecule has 0 spiro atoms. The third-order valence-electron chi connectivity index (χ3n) is 2.82. The molecule has 2 rings (SSSR count). The lowest BCUT2D eigenvalue weighted by Gasteiger charge is -2.08. The van der Waals surface area contributed by atoms with Gasteiger partial charge < -0.3 is 4.55 Å². The molecule has 0 aliphatic heterocycles. The highest BCUT2D eigenvalue weighted by Gasteiger charge is 2.36. The second-order valence-corrected chi connectivity index (χ2v) is 8.30. The van der Waals surface area contributed by atoms with Crippen molar-refractivity contribution in [3.8, 4) is 0 Å². The average molecular weight is 396 g/mol.